The van der Waals surface area contributed by atoms with Gasteiger partial charge in [0.1, 0.15) is 0 Å². The van der Waals surface area contributed by atoms with Gasteiger partial charge in [-0.15, -0.1) is 0 Å². The molecule has 0 heteroatoms. The molecule has 0 nitrogen and oxygen atoms in total. The second-order valence-electron chi connectivity index (χ2n) is 5.09. The molecular weight excluding hydrogens is 192 g/mol. The molecule has 16 heavy (non-hydrogen) atoms. The number of hydrogen-bond donors (Lipinski definition) is 0. The summed E-state index contributed by atoms with van der Waals surface area (Å²) >= 11 is 0. The summed E-state index contributed by atoms with van der Waals surface area (Å²) in [4.78, 5) is 0. The van der Waals surface area contributed by atoms with Gasteiger partial charge in [-0.3, -0.25) is 0 Å². The zero-order valence-corrected chi connectivity index (χ0v) is 11.5. The van der Waals surface area contributed by atoms with Crippen molar-refractivity contribution in [2.45, 2.75) is 53.4 Å². The molecule has 1 rings (SSSR count). The molecule has 0 saturated heterocycles. The van der Waals surface area contributed by atoms with Crippen LogP contribution >= 0.6 is 0 Å². The molecule has 0 N–H and O–H groups in total. The highest BCUT2D eigenvalue weighted by Gasteiger charge is 2.14. The number of rotatable bonds is 3. The fourth-order valence-corrected chi connectivity index (χ4v) is 2.23. The highest BCUT2D eigenvalue weighted by atomic mass is 14.2. The first-order valence-corrected chi connectivity index (χ1v) is 6.25. The van der Waals surface area contributed by atoms with Crippen molar-refractivity contribution in [3.63, 3.8) is 0 Å². The summed E-state index contributed by atoms with van der Waals surface area (Å²) in [5.74, 6) is 1.19. The third kappa shape index (κ3) is 2.55. The van der Waals surface area contributed by atoms with E-state index in [4.69, 9.17) is 0 Å². The van der Waals surface area contributed by atoms with E-state index in [9.17, 15) is 0 Å². The van der Waals surface area contributed by atoms with Gasteiger partial charge in [-0.1, -0.05) is 52.0 Å². The fourth-order valence-electron chi connectivity index (χ4n) is 2.23. The minimum atomic E-state index is 0.587. The molecule has 0 aliphatic carbocycles. The summed E-state index contributed by atoms with van der Waals surface area (Å²) in [6.07, 6.45) is 2.20. The third-order valence-corrected chi connectivity index (χ3v) is 3.20. The van der Waals surface area contributed by atoms with Crippen LogP contribution in [0.3, 0.4) is 0 Å². The van der Waals surface area contributed by atoms with E-state index >= 15 is 0 Å². The maximum Gasteiger partial charge on any atom is -0.0193 e. The van der Waals surface area contributed by atoms with E-state index in [0.29, 0.717) is 11.8 Å². The summed E-state index contributed by atoms with van der Waals surface area (Å²) in [6.45, 7) is 13.4. The van der Waals surface area contributed by atoms with E-state index in [1.807, 2.05) is 0 Å². The molecule has 0 fully saturated rings. The molecule has 0 amide bonds. The lowest BCUT2D eigenvalue weighted by Gasteiger charge is -2.20. The van der Waals surface area contributed by atoms with Gasteiger partial charge in [0.2, 0.25) is 0 Å². The van der Waals surface area contributed by atoms with Gasteiger partial charge in [0.15, 0.2) is 0 Å². The van der Waals surface area contributed by atoms with Crippen LogP contribution in [0, 0.1) is 0 Å². The van der Waals surface area contributed by atoms with Gasteiger partial charge in [-0.2, -0.15) is 0 Å². The zero-order chi connectivity index (χ0) is 12.3. The predicted molar refractivity (Wildman–Crippen MR) is 73.9 cm³/mol. The molecule has 1 aromatic carbocycles. The number of benzene rings is 1. The summed E-state index contributed by atoms with van der Waals surface area (Å²) < 4.78 is 0. The van der Waals surface area contributed by atoms with Crippen molar-refractivity contribution in [2.75, 3.05) is 0 Å². The van der Waals surface area contributed by atoms with Crippen LogP contribution in [0.1, 0.15) is 70.1 Å². The van der Waals surface area contributed by atoms with Crippen LogP contribution in [0.4, 0.5) is 0 Å². The van der Waals surface area contributed by atoms with E-state index in [1.54, 1.807) is 0 Å². The largest absolute Gasteiger partial charge is 0.0841 e. The van der Waals surface area contributed by atoms with Gasteiger partial charge < -0.3 is 0 Å². The molecule has 1 aromatic rings. The Balaban J connectivity index is 3.45. The van der Waals surface area contributed by atoms with Crippen LogP contribution in [0.5, 0.6) is 0 Å². The smallest absolute Gasteiger partial charge is 0.0193 e. The number of allylic oxidation sites excluding steroid dienone is 2. The molecule has 0 aliphatic rings. The second kappa shape index (κ2) is 5.34. The molecule has 0 unspecified atom stereocenters. The minimum Gasteiger partial charge on any atom is -0.0841 e. The van der Waals surface area contributed by atoms with Crippen LogP contribution in [-0.2, 0) is 0 Å². The quantitative estimate of drug-likeness (QED) is 0.638. The number of hydrogen-bond acceptors (Lipinski definition) is 0. The van der Waals surface area contributed by atoms with Gasteiger partial charge in [-0.05, 0) is 47.9 Å². The Bertz CT molecular complexity index is 381. The van der Waals surface area contributed by atoms with Crippen LogP contribution in [0.25, 0.3) is 5.57 Å². The van der Waals surface area contributed by atoms with Crippen molar-refractivity contribution >= 4 is 5.57 Å². The van der Waals surface area contributed by atoms with Crippen molar-refractivity contribution in [2.24, 2.45) is 0 Å². The van der Waals surface area contributed by atoms with Crippen LogP contribution in [0.2, 0.25) is 0 Å². The second-order valence-corrected chi connectivity index (χ2v) is 5.09. The molecule has 0 atom stereocenters. The standard InChI is InChI=1S/C16H24/c1-7-13(6)15-10-8-9-14(11(2)3)16(15)12(4)5/h7-12H,1-6H3/b13-7-. The average Bonchev–Trinajstić information content (AvgIpc) is 2.26. The van der Waals surface area contributed by atoms with Crippen molar-refractivity contribution in [1.82, 2.24) is 0 Å². The van der Waals surface area contributed by atoms with Gasteiger partial charge in [-0.25, -0.2) is 0 Å². The normalized spacial score (nSPS) is 12.6. The molecular formula is C16H24. The van der Waals surface area contributed by atoms with Gasteiger partial charge >= 0.3 is 0 Å². The van der Waals surface area contributed by atoms with E-state index in [0.717, 1.165) is 0 Å². The van der Waals surface area contributed by atoms with E-state index in [2.05, 4.69) is 65.8 Å². The lowest BCUT2D eigenvalue weighted by atomic mass is 9.85. The Morgan fingerprint density at radius 1 is 1.06 bits per heavy atom. The summed E-state index contributed by atoms with van der Waals surface area (Å²) in [6, 6.07) is 6.70. The van der Waals surface area contributed by atoms with Crippen molar-refractivity contribution in [3.8, 4) is 0 Å². The summed E-state index contributed by atoms with van der Waals surface area (Å²) in [7, 11) is 0. The molecule has 0 aliphatic heterocycles. The Morgan fingerprint density at radius 2 is 1.69 bits per heavy atom. The Hall–Kier alpha value is -1.04. The minimum absolute atomic E-state index is 0.587. The third-order valence-electron chi connectivity index (χ3n) is 3.20. The summed E-state index contributed by atoms with van der Waals surface area (Å²) in [5, 5.41) is 0. The molecule has 0 spiro atoms. The maximum absolute atomic E-state index is 2.29. The molecule has 88 valence electrons. The molecule has 0 bridgehead atoms. The molecule has 0 saturated carbocycles. The Morgan fingerprint density at radius 3 is 2.12 bits per heavy atom. The first kappa shape index (κ1) is 13.0. The molecule has 0 aromatic heterocycles. The SMILES string of the molecule is C/C=C(/C)c1cccc(C(C)C)c1C(C)C. The Kier molecular flexibility index (Phi) is 4.35. The molecule has 0 heterocycles. The van der Waals surface area contributed by atoms with Crippen LogP contribution in [-0.4, -0.2) is 0 Å². The van der Waals surface area contributed by atoms with Crippen LogP contribution in [0.15, 0.2) is 24.3 Å². The van der Waals surface area contributed by atoms with Crippen molar-refractivity contribution in [3.05, 3.63) is 41.0 Å². The lowest BCUT2D eigenvalue weighted by Crippen LogP contribution is -2.02. The van der Waals surface area contributed by atoms with Gasteiger partial charge in [0, 0.05) is 0 Å². The van der Waals surface area contributed by atoms with Crippen molar-refractivity contribution in [1.29, 1.82) is 0 Å². The maximum atomic E-state index is 2.29. The van der Waals surface area contributed by atoms with Gasteiger partial charge in [0.25, 0.3) is 0 Å². The average molecular weight is 216 g/mol. The predicted octanol–water partition coefficient (Wildman–Crippen LogP) is 5.36. The monoisotopic (exact) mass is 216 g/mol. The summed E-state index contributed by atoms with van der Waals surface area (Å²) in [5.41, 5.74) is 5.82. The highest BCUT2D eigenvalue weighted by Crippen LogP contribution is 2.32. The fraction of sp³-hybridized carbons (Fsp3) is 0.500. The Labute approximate surface area is 100 Å². The van der Waals surface area contributed by atoms with Gasteiger partial charge in [0.05, 0.1) is 0 Å². The lowest BCUT2D eigenvalue weighted by molar-refractivity contribution is 0.787. The zero-order valence-electron chi connectivity index (χ0n) is 11.5. The van der Waals surface area contributed by atoms with E-state index in [-0.39, 0.29) is 0 Å². The first-order valence-electron chi connectivity index (χ1n) is 6.25. The van der Waals surface area contributed by atoms with Crippen LogP contribution < -0.4 is 0 Å². The highest BCUT2D eigenvalue weighted by molar-refractivity contribution is 5.68. The molecule has 0 radical (unpaired) electrons. The first-order chi connectivity index (χ1) is 7.49. The van der Waals surface area contributed by atoms with E-state index < -0.39 is 0 Å². The topological polar surface area (TPSA) is 0 Å². The van der Waals surface area contributed by atoms with Crippen molar-refractivity contribution < 1.29 is 0 Å². The van der Waals surface area contributed by atoms with E-state index in [1.165, 1.54) is 22.3 Å².